The fraction of sp³-hybridized carbons (Fsp3) is 0.316. The Hall–Kier alpha value is -2.69. The minimum absolute atomic E-state index is 0.0459. The summed E-state index contributed by atoms with van der Waals surface area (Å²) in [4.78, 5) is 21.3. The number of nitrogens with zero attached hydrogens (tertiary/aromatic N) is 3. The molecule has 1 N–H and O–H groups in total. The summed E-state index contributed by atoms with van der Waals surface area (Å²) in [5.41, 5.74) is 4.81. The lowest BCUT2D eigenvalue weighted by Crippen LogP contribution is -2.26. The summed E-state index contributed by atoms with van der Waals surface area (Å²) in [5.74, 6) is 0.905. The van der Waals surface area contributed by atoms with Gasteiger partial charge in [0.05, 0.1) is 0 Å². The molecule has 0 aliphatic rings. The van der Waals surface area contributed by atoms with Crippen molar-refractivity contribution >= 4 is 17.1 Å². The molecule has 3 rings (SSSR count). The Bertz CT molecular complexity index is 882. The zero-order valence-electron chi connectivity index (χ0n) is 14.3. The number of fused-ring (bicyclic) bond motifs is 1. The summed E-state index contributed by atoms with van der Waals surface area (Å²) < 4.78 is 2.09. The van der Waals surface area contributed by atoms with E-state index in [0.29, 0.717) is 18.5 Å². The van der Waals surface area contributed by atoms with Crippen molar-refractivity contribution in [3.8, 4) is 0 Å². The van der Waals surface area contributed by atoms with Gasteiger partial charge in [0.1, 0.15) is 11.3 Å². The first kappa shape index (κ1) is 16.2. The molecule has 0 fully saturated rings. The van der Waals surface area contributed by atoms with Crippen molar-refractivity contribution in [3.05, 3.63) is 59.0 Å². The van der Waals surface area contributed by atoms with E-state index in [1.165, 1.54) is 5.56 Å². The van der Waals surface area contributed by atoms with E-state index in [-0.39, 0.29) is 5.91 Å². The van der Waals surface area contributed by atoms with Gasteiger partial charge >= 0.3 is 0 Å². The second kappa shape index (κ2) is 6.83. The largest absolute Gasteiger partial charge is 0.352 e. The van der Waals surface area contributed by atoms with Crippen LogP contribution in [0, 0.1) is 13.8 Å². The fourth-order valence-electron chi connectivity index (χ4n) is 2.80. The third-order valence-electron chi connectivity index (χ3n) is 4.30. The SMILES string of the molecule is CCn1c(CCNC(=O)c2ccc(C)c(C)c2)nc2cccnc21. The van der Waals surface area contributed by atoms with E-state index >= 15 is 0 Å². The molecule has 0 unspecified atom stereocenters. The molecule has 2 aromatic heterocycles. The van der Waals surface area contributed by atoms with Crippen LogP contribution in [-0.4, -0.2) is 27.0 Å². The van der Waals surface area contributed by atoms with Crippen molar-refractivity contribution in [3.63, 3.8) is 0 Å². The molecule has 0 spiro atoms. The average molecular weight is 322 g/mol. The number of nitrogens with one attached hydrogen (secondary N) is 1. The predicted molar refractivity (Wildman–Crippen MR) is 95.2 cm³/mol. The van der Waals surface area contributed by atoms with E-state index in [0.717, 1.165) is 29.1 Å². The fourth-order valence-corrected chi connectivity index (χ4v) is 2.80. The molecule has 0 bridgehead atoms. The number of aromatic nitrogens is 3. The molecule has 5 heteroatoms. The quantitative estimate of drug-likeness (QED) is 0.785. The molecule has 0 aliphatic carbocycles. The van der Waals surface area contributed by atoms with Crippen LogP contribution in [0.1, 0.15) is 34.2 Å². The highest BCUT2D eigenvalue weighted by molar-refractivity contribution is 5.94. The maximum atomic E-state index is 12.3. The molecule has 24 heavy (non-hydrogen) atoms. The van der Waals surface area contributed by atoms with Crippen molar-refractivity contribution in [1.29, 1.82) is 0 Å². The number of carbonyl (C=O) groups excluding carboxylic acids is 1. The number of hydrogen-bond donors (Lipinski definition) is 1. The lowest BCUT2D eigenvalue weighted by molar-refractivity contribution is 0.0954. The number of imidazole rings is 1. The zero-order valence-corrected chi connectivity index (χ0v) is 14.3. The lowest BCUT2D eigenvalue weighted by atomic mass is 10.1. The third kappa shape index (κ3) is 3.15. The van der Waals surface area contributed by atoms with Crippen LogP contribution in [0.3, 0.4) is 0 Å². The van der Waals surface area contributed by atoms with E-state index in [2.05, 4.69) is 26.8 Å². The molecular formula is C19H22N4O. The monoisotopic (exact) mass is 322 g/mol. The highest BCUT2D eigenvalue weighted by Gasteiger charge is 2.11. The standard InChI is InChI=1S/C19H22N4O/c1-4-23-17(22-16-6-5-10-20-18(16)23)9-11-21-19(24)15-8-7-13(2)14(3)12-15/h5-8,10,12H,4,9,11H2,1-3H3,(H,21,24). The van der Waals surface area contributed by atoms with Gasteiger partial charge in [-0.15, -0.1) is 0 Å². The van der Waals surface area contributed by atoms with Gasteiger partial charge in [0, 0.05) is 31.3 Å². The van der Waals surface area contributed by atoms with Crippen LogP contribution < -0.4 is 5.32 Å². The number of hydrogen-bond acceptors (Lipinski definition) is 3. The molecule has 0 atom stereocenters. The molecule has 5 nitrogen and oxygen atoms in total. The first-order valence-corrected chi connectivity index (χ1v) is 8.25. The van der Waals surface area contributed by atoms with E-state index in [4.69, 9.17) is 0 Å². The topological polar surface area (TPSA) is 59.8 Å². The number of carbonyl (C=O) groups is 1. The molecule has 3 aromatic rings. The van der Waals surface area contributed by atoms with Gasteiger partial charge in [-0.25, -0.2) is 9.97 Å². The molecule has 0 radical (unpaired) electrons. The van der Waals surface area contributed by atoms with Crippen LogP contribution in [0.5, 0.6) is 0 Å². The Labute approximate surface area is 141 Å². The molecule has 0 saturated carbocycles. The molecule has 124 valence electrons. The van der Waals surface area contributed by atoms with Crippen LogP contribution in [-0.2, 0) is 13.0 Å². The van der Waals surface area contributed by atoms with Crippen molar-refractivity contribution in [2.45, 2.75) is 33.7 Å². The summed E-state index contributed by atoms with van der Waals surface area (Å²) in [6, 6.07) is 9.62. The lowest BCUT2D eigenvalue weighted by Gasteiger charge is -2.08. The molecule has 1 aromatic carbocycles. The van der Waals surface area contributed by atoms with Crippen LogP contribution >= 0.6 is 0 Å². The van der Waals surface area contributed by atoms with Crippen LogP contribution in [0.15, 0.2) is 36.5 Å². The summed E-state index contributed by atoms with van der Waals surface area (Å²) in [6.07, 6.45) is 2.46. The Morgan fingerprint density at radius 2 is 2.04 bits per heavy atom. The van der Waals surface area contributed by atoms with Crippen molar-refractivity contribution in [1.82, 2.24) is 19.9 Å². The second-order valence-electron chi connectivity index (χ2n) is 5.92. The molecule has 1 amide bonds. The van der Waals surface area contributed by atoms with E-state index in [1.54, 1.807) is 6.20 Å². The van der Waals surface area contributed by atoms with Gasteiger partial charge in [0.2, 0.25) is 0 Å². The molecule has 0 saturated heterocycles. The highest BCUT2D eigenvalue weighted by atomic mass is 16.1. The number of pyridine rings is 1. The number of rotatable bonds is 5. The predicted octanol–water partition coefficient (Wildman–Crippen LogP) is 3.04. The summed E-state index contributed by atoms with van der Waals surface area (Å²) in [5, 5.41) is 2.98. The van der Waals surface area contributed by atoms with E-state index < -0.39 is 0 Å². The number of aryl methyl sites for hydroxylation is 3. The van der Waals surface area contributed by atoms with Crippen LogP contribution in [0.25, 0.3) is 11.2 Å². The normalized spacial score (nSPS) is 11.0. The maximum absolute atomic E-state index is 12.3. The first-order valence-electron chi connectivity index (χ1n) is 8.25. The van der Waals surface area contributed by atoms with Gasteiger partial charge in [-0.3, -0.25) is 4.79 Å². The highest BCUT2D eigenvalue weighted by Crippen LogP contribution is 2.14. The third-order valence-corrected chi connectivity index (χ3v) is 4.30. The van der Waals surface area contributed by atoms with Crippen LogP contribution in [0.2, 0.25) is 0 Å². The molecular weight excluding hydrogens is 300 g/mol. The minimum atomic E-state index is -0.0459. The maximum Gasteiger partial charge on any atom is 0.251 e. The van der Waals surface area contributed by atoms with E-state index in [1.807, 2.05) is 44.2 Å². The minimum Gasteiger partial charge on any atom is -0.352 e. The summed E-state index contributed by atoms with van der Waals surface area (Å²) in [6.45, 7) is 7.50. The first-order chi connectivity index (χ1) is 11.6. The Kier molecular flexibility index (Phi) is 4.60. The van der Waals surface area contributed by atoms with Gasteiger partial charge < -0.3 is 9.88 Å². The molecule has 0 aliphatic heterocycles. The number of amides is 1. The van der Waals surface area contributed by atoms with Crippen molar-refractivity contribution in [2.24, 2.45) is 0 Å². The van der Waals surface area contributed by atoms with Gasteiger partial charge in [0.25, 0.3) is 5.91 Å². The second-order valence-corrected chi connectivity index (χ2v) is 5.92. The Morgan fingerprint density at radius 3 is 2.79 bits per heavy atom. The van der Waals surface area contributed by atoms with Gasteiger partial charge in [-0.2, -0.15) is 0 Å². The summed E-state index contributed by atoms with van der Waals surface area (Å²) >= 11 is 0. The van der Waals surface area contributed by atoms with Gasteiger partial charge in [0.15, 0.2) is 5.65 Å². The van der Waals surface area contributed by atoms with E-state index in [9.17, 15) is 4.79 Å². The van der Waals surface area contributed by atoms with Crippen LogP contribution in [0.4, 0.5) is 0 Å². The zero-order chi connectivity index (χ0) is 17.1. The van der Waals surface area contributed by atoms with Gasteiger partial charge in [-0.1, -0.05) is 6.07 Å². The van der Waals surface area contributed by atoms with Crippen molar-refractivity contribution < 1.29 is 4.79 Å². The van der Waals surface area contributed by atoms with Crippen molar-refractivity contribution in [2.75, 3.05) is 6.54 Å². The summed E-state index contributed by atoms with van der Waals surface area (Å²) in [7, 11) is 0. The van der Waals surface area contributed by atoms with Gasteiger partial charge in [-0.05, 0) is 56.2 Å². The smallest absolute Gasteiger partial charge is 0.251 e. The average Bonchev–Trinajstić information content (AvgIpc) is 2.94. The Morgan fingerprint density at radius 1 is 1.21 bits per heavy atom. The molecule has 2 heterocycles. The Balaban J connectivity index is 1.68. The number of benzene rings is 1.